The van der Waals surface area contributed by atoms with E-state index in [-0.39, 0.29) is 18.9 Å². The zero-order valence-corrected chi connectivity index (χ0v) is 21.7. The molecule has 2 aromatic rings. The van der Waals surface area contributed by atoms with Crippen molar-refractivity contribution in [1.29, 1.82) is 5.26 Å². The SMILES string of the molecule is N#Cc1ccc(COc2c(I)cc(/C=C3/SC(=S)N(CCC(=O)O)C3=O)cc2I)cc1. The van der Waals surface area contributed by atoms with Crippen LogP contribution in [0.2, 0.25) is 0 Å². The van der Waals surface area contributed by atoms with Crippen LogP contribution in [0.4, 0.5) is 0 Å². The molecular formula is C21H14I2N2O4S2. The number of carbonyl (C=O) groups is 2. The Morgan fingerprint density at radius 3 is 2.48 bits per heavy atom. The molecule has 0 unspecified atom stereocenters. The quantitative estimate of drug-likeness (QED) is 0.250. The third-order valence-corrected chi connectivity index (χ3v) is 7.19. The number of hydrogen-bond donors (Lipinski definition) is 1. The van der Waals surface area contributed by atoms with E-state index in [1.807, 2.05) is 24.3 Å². The maximum absolute atomic E-state index is 12.6. The molecule has 0 bridgehead atoms. The molecule has 1 heterocycles. The second kappa shape index (κ2) is 10.8. The van der Waals surface area contributed by atoms with Gasteiger partial charge in [0.15, 0.2) is 0 Å². The lowest BCUT2D eigenvalue weighted by Gasteiger charge is -2.12. The molecule has 0 spiro atoms. The van der Waals surface area contributed by atoms with Crippen molar-refractivity contribution in [3.8, 4) is 11.8 Å². The number of amides is 1. The molecule has 158 valence electrons. The number of thiocarbonyl (C=S) groups is 1. The van der Waals surface area contributed by atoms with Crippen LogP contribution in [0, 0.1) is 18.5 Å². The number of halogens is 2. The van der Waals surface area contributed by atoms with E-state index >= 15 is 0 Å². The van der Waals surface area contributed by atoms with E-state index in [1.165, 1.54) is 16.7 Å². The van der Waals surface area contributed by atoms with Gasteiger partial charge < -0.3 is 9.84 Å². The summed E-state index contributed by atoms with van der Waals surface area (Å²) < 4.78 is 8.14. The third-order valence-electron chi connectivity index (χ3n) is 4.21. The molecule has 1 N–H and O–H groups in total. The fourth-order valence-electron chi connectivity index (χ4n) is 2.68. The predicted molar refractivity (Wildman–Crippen MR) is 139 cm³/mol. The Morgan fingerprint density at radius 2 is 1.90 bits per heavy atom. The monoisotopic (exact) mass is 676 g/mol. The second-order valence-electron chi connectivity index (χ2n) is 6.39. The van der Waals surface area contributed by atoms with Gasteiger partial charge in [0.1, 0.15) is 16.7 Å². The number of carboxylic acid groups (broad SMARTS) is 1. The van der Waals surface area contributed by atoms with Gasteiger partial charge >= 0.3 is 5.97 Å². The summed E-state index contributed by atoms with van der Waals surface area (Å²) in [6.45, 7) is 0.438. The minimum Gasteiger partial charge on any atom is -0.487 e. The van der Waals surface area contributed by atoms with Gasteiger partial charge in [0.25, 0.3) is 5.91 Å². The Hall–Kier alpha value is -1.69. The summed E-state index contributed by atoms with van der Waals surface area (Å²) in [6, 6.07) is 13.2. The van der Waals surface area contributed by atoms with Crippen LogP contribution in [0.1, 0.15) is 23.1 Å². The van der Waals surface area contributed by atoms with Crippen molar-refractivity contribution >= 4 is 91.4 Å². The number of thioether (sulfide) groups is 1. The van der Waals surface area contributed by atoms with Crippen LogP contribution < -0.4 is 4.74 Å². The van der Waals surface area contributed by atoms with Crippen LogP contribution in [-0.4, -0.2) is 32.7 Å². The fraction of sp³-hybridized carbons (Fsp3) is 0.143. The Balaban J connectivity index is 1.74. The molecule has 6 nitrogen and oxygen atoms in total. The number of carbonyl (C=O) groups excluding carboxylic acids is 1. The van der Waals surface area contributed by atoms with Gasteiger partial charge in [-0.25, -0.2) is 0 Å². The van der Waals surface area contributed by atoms with Gasteiger partial charge in [-0.05, 0) is 86.7 Å². The van der Waals surface area contributed by atoms with Crippen molar-refractivity contribution in [2.24, 2.45) is 0 Å². The minimum atomic E-state index is -0.973. The largest absolute Gasteiger partial charge is 0.487 e. The first-order chi connectivity index (χ1) is 14.8. The molecule has 10 heteroatoms. The average Bonchev–Trinajstić information content (AvgIpc) is 2.98. The highest BCUT2D eigenvalue weighted by atomic mass is 127. The minimum absolute atomic E-state index is 0.0640. The van der Waals surface area contributed by atoms with Gasteiger partial charge in [-0.1, -0.05) is 36.1 Å². The average molecular weight is 676 g/mol. The summed E-state index contributed by atoms with van der Waals surface area (Å²) in [5, 5.41) is 17.7. The number of ether oxygens (including phenoxy) is 1. The molecule has 2 aromatic carbocycles. The standard InChI is InChI=1S/C21H14I2N2O4S2/c22-15-7-14(9-17-20(28)25(21(30)31-17)6-5-18(26)27)8-16(23)19(15)29-11-13-3-1-12(10-24)2-4-13/h1-4,7-9H,5-6,11H2,(H,26,27)/b17-9+. The summed E-state index contributed by atoms with van der Waals surface area (Å²) >= 11 is 10.8. The number of aliphatic carboxylic acids is 1. The van der Waals surface area contributed by atoms with E-state index in [0.29, 0.717) is 21.4 Å². The lowest BCUT2D eigenvalue weighted by molar-refractivity contribution is -0.137. The van der Waals surface area contributed by atoms with Gasteiger partial charge in [0.05, 0.1) is 30.1 Å². The molecule has 0 saturated carbocycles. The molecule has 31 heavy (non-hydrogen) atoms. The van der Waals surface area contributed by atoms with Crippen molar-refractivity contribution in [1.82, 2.24) is 4.90 Å². The number of benzene rings is 2. The highest BCUT2D eigenvalue weighted by Crippen LogP contribution is 2.35. The van der Waals surface area contributed by atoms with E-state index in [9.17, 15) is 9.59 Å². The number of nitriles is 1. The van der Waals surface area contributed by atoms with Crippen molar-refractivity contribution in [2.45, 2.75) is 13.0 Å². The van der Waals surface area contributed by atoms with Crippen molar-refractivity contribution < 1.29 is 19.4 Å². The van der Waals surface area contributed by atoms with Crippen LogP contribution in [0.3, 0.4) is 0 Å². The van der Waals surface area contributed by atoms with Crippen LogP contribution in [0.15, 0.2) is 41.3 Å². The summed E-state index contributed by atoms with van der Waals surface area (Å²) in [6.07, 6.45) is 1.61. The maximum Gasteiger partial charge on any atom is 0.305 e. The van der Waals surface area contributed by atoms with Crippen LogP contribution in [-0.2, 0) is 16.2 Å². The van der Waals surface area contributed by atoms with E-state index in [2.05, 4.69) is 51.3 Å². The van der Waals surface area contributed by atoms with Crippen molar-refractivity contribution in [2.75, 3.05) is 6.54 Å². The number of carboxylic acids is 1. The van der Waals surface area contributed by atoms with Gasteiger partial charge in [-0.2, -0.15) is 5.26 Å². The van der Waals surface area contributed by atoms with Crippen LogP contribution in [0.25, 0.3) is 6.08 Å². The molecule has 1 fully saturated rings. The fourth-order valence-corrected chi connectivity index (χ4v) is 6.12. The molecule has 1 aliphatic rings. The molecule has 1 saturated heterocycles. The number of nitrogens with zero attached hydrogens (tertiary/aromatic N) is 2. The van der Waals surface area contributed by atoms with Gasteiger partial charge in [-0.3, -0.25) is 14.5 Å². The smallest absolute Gasteiger partial charge is 0.305 e. The Labute approximate surface area is 215 Å². The van der Waals surface area contributed by atoms with E-state index < -0.39 is 5.97 Å². The molecule has 0 atom stereocenters. The zero-order chi connectivity index (χ0) is 22.5. The highest BCUT2D eigenvalue weighted by molar-refractivity contribution is 14.1. The lowest BCUT2D eigenvalue weighted by atomic mass is 10.1. The summed E-state index contributed by atoms with van der Waals surface area (Å²) in [5.41, 5.74) is 2.39. The maximum atomic E-state index is 12.6. The lowest BCUT2D eigenvalue weighted by Crippen LogP contribution is -2.30. The van der Waals surface area contributed by atoms with Gasteiger partial charge in [0, 0.05) is 6.54 Å². The van der Waals surface area contributed by atoms with Crippen molar-refractivity contribution in [3.63, 3.8) is 0 Å². The first kappa shape index (κ1) is 24.0. The number of hydrogen-bond acceptors (Lipinski definition) is 6. The highest BCUT2D eigenvalue weighted by Gasteiger charge is 2.32. The molecule has 0 aliphatic carbocycles. The van der Waals surface area contributed by atoms with E-state index in [0.717, 1.165) is 24.0 Å². The molecule has 1 amide bonds. The predicted octanol–water partition coefficient (Wildman–Crippen LogP) is 5.02. The van der Waals surface area contributed by atoms with Gasteiger partial charge in [-0.15, -0.1) is 0 Å². The first-order valence-electron chi connectivity index (χ1n) is 8.86. The summed E-state index contributed by atoms with van der Waals surface area (Å²) in [7, 11) is 0. The summed E-state index contributed by atoms with van der Waals surface area (Å²) in [4.78, 5) is 25.2. The molecule has 0 radical (unpaired) electrons. The van der Waals surface area contributed by atoms with Gasteiger partial charge in [0.2, 0.25) is 0 Å². The zero-order valence-electron chi connectivity index (χ0n) is 15.8. The molecule has 1 aliphatic heterocycles. The van der Waals surface area contributed by atoms with E-state index in [4.69, 9.17) is 27.3 Å². The Morgan fingerprint density at radius 1 is 1.26 bits per heavy atom. The van der Waals surface area contributed by atoms with Crippen LogP contribution in [0.5, 0.6) is 5.75 Å². The Kier molecular flexibility index (Phi) is 8.31. The summed E-state index contributed by atoms with van der Waals surface area (Å²) in [5.74, 6) is -0.502. The third kappa shape index (κ3) is 6.18. The van der Waals surface area contributed by atoms with Crippen LogP contribution >= 0.6 is 69.2 Å². The van der Waals surface area contributed by atoms with E-state index in [1.54, 1.807) is 18.2 Å². The van der Waals surface area contributed by atoms with Crippen molar-refractivity contribution in [3.05, 3.63) is 65.1 Å². The molecule has 3 rings (SSSR count). The Bertz CT molecular complexity index is 1100. The second-order valence-corrected chi connectivity index (χ2v) is 10.4. The normalized spacial score (nSPS) is 14.7. The molecular weight excluding hydrogens is 662 g/mol. The molecule has 0 aromatic heterocycles. The first-order valence-corrected chi connectivity index (χ1v) is 12.2. The topological polar surface area (TPSA) is 90.6 Å². The number of rotatable bonds is 7.